The van der Waals surface area contributed by atoms with E-state index >= 15 is 0 Å². The average molecular weight is 269 g/mol. The summed E-state index contributed by atoms with van der Waals surface area (Å²) in [5, 5.41) is 3.69. The van der Waals surface area contributed by atoms with E-state index in [1.54, 1.807) is 0 Å². The van der Waals surface area contributed by atoms with Crippen LogP contribution in [-0.2, 0) is 4.74 Å². The maximum absolute atomic E-state index is 5.42. The first-order chi connectivity index (χ1) is 9.15. The maximum atomic E-state index is 5.42. The zero-order valence-corrected chi connectivity index (χ0v) is 12.9. The van der Waals surface area contributed by atoms with E-state index in [1.807, 2.05) is 0 Å². The first kappa shape index (κ1) is 15.2. The van der Waals surface area contributed by atoms with Gasteiger partial charge in [0.25, 0.3) is 0 Å². The van der Waals surface area contributed by atoms with Crippen LogP contribution in [0.4, 0.5) is 0 Å². The van der Waals surface area contributed by atoms with Crippen molar-refractivity contribution in [1.29, 1.82) is 0 Å². The molecule has 2 saturated heterocycles. The van der Waals surface area contributed by atoms with E-state index in [0.717, 1.165) is 26.3 Å². The van der Waals surface area contributed by atoms with Crippen LogP contribution < -0.4 is 5.32 Å². The van der Waals surface area contributed by atoms with Crippen LogP contribution in [0.3, 0.4) is 0 Å². The smallest absolute Gasteiger partial charge is 0.0594 e. The minimum Gasteiger partial charge on any atom is -0.379 e. The number of rotatable bonds is 5. The zero-order valence-electron chi connectivity index (χ0n) is 12.9. The molecule has 2 heterocycles. The van der Waals surface area contributed by atoms with E-state index in [1.165, 1.54) is 32.5 Å². The molecule has 112 valence electrons. The van der Waals surface area contributed by atoms with Gasteiger partial charge in [-0.05, 0) is 26.3 Å². The van der Waals surface area contributed by atoms with E-state index in [4.69, 9.17) is 4.74 Å². The summed E-state index contributed by atoms with van der Waals surface area (Å²) in [4.78, 5) is 5.21. The van der Waals surface area contributed by atoms with Crippen LogP contribution in [0.2, 0.25) is 0 Å². The first-order valence-corrected chi connectivity index (χ1v) is 7.95. The fraction of sp³-hybridized carbons (Fsp3) is 1.00. The summed E-state index contributed by atoms with van der Waals surface area (Å²) < 4.78 is 5.42. The first-order valence-electron chi connectivity index (χ1n) is 7.95. The van der Waals surface area contributed by atoms with E-state index in [2.05, 4.69) is 35.9 Å². The molecule has 1 N–H and O–H groups in total. The number of nitrogens with zero attached hydrogens (tertiary/aromatic N) is 2. The van der Waals surface area contributed by atoms with E-state index in [0.29, 0.717) is 18.1 Å². The molecule has 2 fully saturated rings. The molecule has 2 rings (SSSR count). The molecule has 19 heavy (non-hydrogen) atoms. The molecule has 4 nitrogen and oxygen atoms in total. The largest absolute Gasteiger partial charge is 0.379 e. The normalized spacial score (nSPS) is 28.7. The molecule has 0 radical (unpaired) electrons. The van der Waals surface area contributed by atoms with Crippen LogP contribution in [-0.4, -0.2) is 73.9 Å². The number of likely N-dealkylation sites (tertiary alicyclic amines) is 1. The van der Waals surface area contributed by atoms with Crippen molar-refractivity contribution in [1.82, 2.24) is 15.1 Å². The van der Waals surface area contributed by atoms with Crippen molar-refractivity contribution in [3.8, 4) is 0 Å². The van der Waals surface area contributed by atoms with Gasteiger partial charge >= 0.3 is 0 Å². The van der Waals surface area contributed by atoms with Crippen LogP contribution >= 0.6 is 0 Å². The van der Waals surface area contributed by atoms with E-state index < -0.39 is 0 Å². The molecule has 2 atom stereocenters. The van der Waals surface area contributed by atoms with Crippen LogP contribution in [0.5, 0.6) is 0 Å². The van der Waals surface area contributed by atoms with Gasteiger partial charge in [-0.25, -0.2) is 0 Å². The topological polar surface area (TPSA) is 27.7 Å². The summed E-state index contributed by atoms with van der Waals surface area (Å²) in [5.41, 5.74) is 0. The fourth-order valence-electron chi connectivity index (χ4n) is 3.29. The Bertz CT molecular complexity index is 254. The molecule has 2 unspecified atom stereocenters. The van der Waals surface area contributed by atoms with Gasteiger partial charge in [-0.2, -0.15) is 0 Å². The Balaban J connectivity index is 1.75. The van der Waals surface area contributed by atoms with Crippen LogP contribution in [0.25, 0.3) is 0 Å². The Morgan fingerprint density at radius 3 is 2.58 bits per heavy atom. The summed E-state index contributed by atoms with van der Waals surface area (Å²) in [6.45, 7) is 14.6. The molecular weight excluding hydrogens is 238 g/mol. The molecule has 0 aromatic heterocycles. The third kappa shape index (κ3) is 5.03. The van der Waals surface area contributed by atoms with Gasteiger partial charge in [-0.1, -0.05) is 13.8 Å². The quantitative estimate of drug-likeness (QED) is 0.811. The number of piperidine rings is 1. The average Bonchev–Trinajstić information content (AvgIpc) is 2.39. The second-order valence-electron chi connectivity index (χ2n) is 6.42. The Hall–Kier alpha value is -0.160. The Kier molecular flexibility index (Phi) is 6.07. The van der Waals surface area contributed by atoms with Gasteiger partial charge in [0.1, 0.15) is 0 Å². The predicted molar refractivity (Wildman–Crippen MR) is 79.6 cm³/mol. The fourth-order valence-corrected chi connectivity index (χ4v) is 3.29. The molecule has 0 saturated carbocycles. The molecule has 4 heteroatoms. The number of ether oxygens (including phenoxy) is 1. The molecule has 0 aromatic carbocycles. The van der Waals surface area contributed by atoms with Crippen LogP contribution in [0, 0.1) is 0 Å². The SMILES string of the molecule is CC(C)NC1CCCN(C(C)CN2CCOCC2)C1. The van der Waals surface area contributed by atoms with Crippen molar-refractivity contribution in [2.24, 2.45) is 0 Å². The van der Waals surface area contributed by atoms with Gasteiger partial charge in [0, 0.05) is 44.3 Å². The molecule has 0 spiro atoms. The second kappa shape index (κ2) is 7.58. The summed E-state index contributed by atoms with van der Waals surface area (Å²) in [5.74, 6) is 0. The highest BCUT2D eigenvalue weighted by Crippen LogP contribution is 2.14. The Morgan fingerprint density at radius 2 is 1.89 bits per heavy atom. The molecule has 0 aliphatic carbocycles. The lowest BCUT2D eigenvalue weighted by Crippen LogP contribution is -2.53. The van der Waals surface area contributed by atoms with Crippen molar-refractivity contribution in [2.45, 2.75) is 51.7 Å². The lowest BCUT2D eigenvalue weighted by Gasteiger charge is -2.40. The van der Waals surface area contributed by atoms with Gasteiger partial charge in [0.2, 0.25) is 0 Å². The third-order valence-corrected chi connectivity index (χ3v) is 4.27. The molecular formula is C15H31N3O. The number of hydrogen-bond donors (Lipinski definition) is 1. The van der Waals surface area contributed by atoms with Gasteiger partial charge in [0.05, 0.1) is 13.2 Å². The highest BCUT2D eigenvalue weighted by Gasteiger charge is 2.25. The summed E-state index contributed by atoms with van der Waals surface area (Å²) in [6.07, 6.45) is 2.66. The Morgan fingerprint density at radius 1 is 1.16 bits per heavy atom. The number of nitrogens with one attached hydrogen (secondary N) is 1. The molecule has 0 bridgehead atoms. The lowest BCUT2D eigenvalue weighted by atomic mass is 10.0. The van der Waals surface area contributed by atoms with Crippen LogP contribution in [0.15, 0.2) is 0 Å². The molecule has 2 aliphatic heterocycles. The Labute approximate surface area is 118 Å². The monoisotopic (exact) mass is 269 g/mol. The van der Waals surface area contributed by atoms with Crippen molar-refractivity contribution >= 4 is 0 Å². The van der Waals surface area contributed by atoms with Crippen molar-refractivity contribution in [2.75, 3.05) is 45.9 Å². The van der Waals surface area contributed by atoms with Crippen LogP contribution in [0.1, 0.15) is 33.6 Å². The highest BCUT2D eigenvalue weighted by atomic mass is 16.5. The molecule has 0 amide bonds. The third-order valence-electron chi connectivity index (χ3n) is 4.27. The number of morpholine rings is 1. The van der Waals surface area contributed by atoms with Crippen molar-refractivity contribution < 1.29 is 4.74 Å². The summed E-state index contributed by atoms with van der Waals surface area (Å²) >= 11 is 0. The van der Waals surface area contributed by atoms with E-state index in [-0.39, 0.29) is 0 Å². The zero-order chi connectivity index (χ0) is 13.7. The van der Waals surface area contributed by atoms with Crippen molar-refractivity contribution in [3.63, 3.8) is 0 Å². The number of hydrogen-bond acceptors (Lipinski definition) is 4. The van der Waals surface area contributed by atoms with E-state index in [9.17, 15) is 0 Å². The second-order valence-corrected chi connectivity index (χ2v) is 6.42. The molecule has 2 aliphatic rings. The lowest BCUT2D eigenvalue weighted by molar-refractivity contribution is 0.0206. The standard InChI is InChI=1S/C15H31N3O/c1-13(2)16-15-5-4-6-18(12-15)14(3)11-17-7-9-19-10-8-17/h13-16H,4-12H2,1-3H3. The van der Waals surface area contributed by atoms with Gasteiger partial charge < -0.3 is 10.1 Å². The highest BCUT2D eigenvalue weighted by molar-refractivity contribution is 4.83. The minimum atomic E-state index is 0.597. The maximum Gasteiger partial charge on any atom is 0.0594 e. The van der Waals surface area contributed by atoms with Crippen molar-refractivity contribution in [3.05, 3.63) is 0 Å². The van der Waals surface area contributed by atoms with Gasteiger partial charge in [-0.3, -0.25) is 9.80 Å². The summed E-state index contributed by atoms with van der Waals surface area (Å²) in [7, 11) is 0. The minimum absolute atomic E-state index is 0.597. The summed E-state index contributed by atoms with van der Waals surface area (Å²) in [6, 6.07) is 1.94. The van der Waals surface area contributed by atoms with Gasteiger partial charge in [-0.15, -0.1) is 0 Å². The predicted octanol–water partition coefficient (Wildman–Crippen LogP) is 1.17. The molecule has 0 aromatic rings. The van der Waals surface area contributed by atoms with Gasteiger partial charge in [0.15, 0.2) is 0 Å².